The minimum atomic E-state index is -3.57. The first-order valence-corrected chi connectivity index (χ1v) is 12.9. The quantitative estimate of drug-likeness (QED) is 0.322. The monoisotopic (exact) mass is 474 g/mol. The maximum Gasteiger partial charge on any atom is 0.240 e. The average Bonchev–Trinajstić information content (AvgIpc) is 2.87. The first-order valence-electron chi connectivity index (χ1n) is 11.5. The molecule has 3 aromatic carbocycles. The maximum atomic E-state index is 12.7. The van der Waals surface area contributed by atoms with Crippen molar-refractivity contribution in [3.63, 3.8) is 0 Å². The van der Waals surface area contributed by atoms with Crippen LogP contribution in [-0.2, 0) is 10.0 Å². The summed E-state index contributed by atoms with van der Waals surface area (Å²) in [6.45, 7) is 4.65. The molecule has 1 heterocycles. The van der Waals surface area contributed by atoms with Gasteiger partial charge in [-0.3, -0.25) is 0 Å². The van der Waals surface area contributed by atoms with Crippen LogP contribution in [0.15, 0.2) is 89.8 Å². The fourth-order valence-electron chi connectivity index (χ4n) is 4.27. The van der Waals surface area contributed by atoms with Gasteiger partial charge in [0.25, 0.3) is 0 Å². The Kier molecular flexibility index (Phi) is 7.29. The van der Waals surface area contributed by atoms with Crippen molar-refractivity contribution in [2.45, 2.75) is 31.1 Å². The standard InChI is InChI=1S/C28H30N2O3S/c1-20(19-29-34(31,32)24-15-13-23(33-3)14-16-24)17-21(2)26-18-28(22-9-5-4-6-10-22)30-27-12-8-7-11-25(26)27/h4-16,18,20-21,29H,17,19H2,1-3H3. The second kappa shape index (κ2) is 10.4. The number of benzene rings is 3. The van der Waals surface area contributed by atoms with Crippen molar-refractivity contribution in [2.75, 3.05) is 13.7 Å². The molecule has 1 N–H and O–H groups in total. The topological polar surface area (TPSA) is 68.3 Å². The first-order chi connectivity index (χ1) is 16.4. The van der Waals surface area contributed by atoms with Crippen molar-refractivity contribution in [1.29, 1.82) is 0 Å². The molecule has 2 unspecified atom stereocenters. The molecule has 0 radical (unpaired) electrons. The number of hydrogen-bond donors (Lipinski definition) is 1. The second-order valence-electron chi connectivity index (χ2n) is 8.75. The lowest BCUT2D eigenvalue weighted by molar-refractivity contribution is 0.414. The van der Waals surface area contributed by atoms with Crippen LogP contribution >= 0.6 is 0 Å². The van der Waals surface area contributed by atoms with Crippen LogP contribution < -0.4 is 9.46 Å². The van der Waals surface area contributed by atoms with Crippen LogP contribution in [0.3, 0.4) is 0 Å². The molecule has 0 spiro atoms. The molecular formula is C28H30N2O3S. The van der Waals surface area contributed by atoms with Crippen LogP contribution in [0.5, 0.6) is 5.75 Å². The number of fused-ring (bicyclic) bond motifs is 1. The highest BCUT2D eigenvalue weighted by atomic mass is 32.2. The third-order valence-corrected chi connectivity index (χ3v) is 7.54. The van der Waals surface area contributed by atoms with Gasteiger partial charge in [-0.2, -0.15) is 0 Å². The van der Waals surface area contributed by atoms with E-state index in [-0.39, 0.29) is 16.7 Å². The van der Waals surface area contributed by atoms with E-state index < -0.39 is 10.0 Å². The van der Waals surface area contributed by atoms with Gasteiger partial charge in [0.05, 0.1) is 23.2 Å². The summed E-state index contributed by atoms with van der Waals surface area (Å²) >= 11 is 0. The zero-order valence-corrected chi connectivity index (χ0v) is 20.5. The number of para-hydroxylation sites is 1. The molecule has 5 nitrogen and oxygen atoms in total. The van der Waals surface area contributed by atoms with Gasteiger partial charge in [0.2, 0.25) is 10.0 Å². The predicted octanol–water partition coefficient (Wildman–Crippen LogP) is 6.02. The Hall–Kier alpha value is -3.22. The number of rotatable bonds is 9. The normalized spacial score (nSPS) is 13.5. The number of nitrogens with one attached hydrogen (secondary N) is 1. The van der Waals surface area contributed by atoms with Crippen LogP contribution in [0.4, 0.5) is 0 Å². The minimum absolute atomic E-state index is 0.148. The van der Waals surface area contributed by atoms with Crippen LogP contribution in [-0.4, -0.2) is 27.1 Å². The fourth-order valence-corrected chi connectivity index (χ4v) is 5.44. The maximum absolute atomic E-state index is 12.7. The van der Waals surface area contributed by atoms with Crippen molar-refractivity contribution >= 4 is 20.9 Å². The van der Waals surface area contributed by atoms with E-state index in [0.29, 0.717) is 12.3 Å². The van der Waals surface area contributed by atoms with Crippen LogP contribution in [0.2, 0.25) is 0 Å². The van der Waals surface area contributed by atoms with E-state index in [2.05, 4.69) is 42.8 Å². The molecule has 4 rings (SSSR count). The SMILES string of the molecule is COc1ccc(S(=O)(=O)NCC(C)CC(C)c2cc(-c3ccccc3)nc3ccccc23)cc1. The number of hydrogen-bond acceptors (Lipinski definition) is 4. The first kappa shape index (κ1) is 23.9. The van der Waals surface area contributed by atoms with Gasteiger partial charge in [0.1, 0.15) is 5.75 Å². The van der Waals surface area contributed by atoms with Gasteiger partial charge in [-0.05, 0) is 60.2 Å². The predicted molar refractivity (Wildman–Crippen MR) is 138 cm³/mol. The zero-order valence-electron chi connectivity index (χ0n) is 19.7. The number of aromatic nitrogens is 1. The molecule has 0 aliphatic heterocycles. The molecule has 1 aromatic heterocycles. The summed E-state index contributed by atoms with van der Waals surface area (Å²) in [7, 11) is -2.02. The van der Waals surface area contributed by atoms with E-state index in [0.717, 1.165) is 28.6 Å². The van der Waals surface area contributed by atoms with E-state index in [1.165, 1.54) is 5.56 Å². The summed E-state index contributed by atoms with van der Waals surface area (Å²) < 4.78 is 33.3. The van der Waals surface area contributed by atoms with E-state index in [4.69, 9.17) is 9.72 Å². The van der Waals surface area contributed by atoms with Crippen molar-refractivity contribution in [2.24, 2.45) is 5.92 Å². The Bertz CT molecular complexity index is 1350. The molecular weight excluding hydrogens is 444 g/mol. The average molecular weight is 475 g/mol. The molecule has 0 saturated heterocycles. The molecule has 6 heteroatoms. The van der Waals surface area contributed by atoms with Crippen LogP contribution in [0, 0.1) is 5.92 Å². The summed E-state index contributed by atoms with van der Waals surface area (Å²) in [5.41, 5.74) is 4.24. The molecule has 2 atom stereocenters. The third-order valence-electron chi connectivity index (χ3n) is 6.10. The highest BCUT2D eigenvalue weighted by molar-refractivity contribution is 7.89. The van der Waals surface area contributed by atoms with Crippen LogP contribution in [0.25, 0.3) is 22.2 Å². The van der Waals surface area contributed by atoms with Gasteiger partial charge in [-0.1, -0.05) is 62.4 Å². The number of pyridine rings is 1. The molecule has 176 valence electrons. The number of ether oxygens (including phenoxy) is 1. The highest BCUT2D eigenvalue weighted by Gasteiger charge is 2.19. The molecule has 0 saturated carbocycles. The van der Waals surface area contributed by atoms with E-state index in [9.17, 15) is 8.42 Å². The molecule has 34 heavy (non-hydrogen) atoms. The lowest BCUT2D eigenvalue weighted by atomic mass is 9.88. The fraction of sp³-hybridized carbons (Fsp3) is 0.250. The molecule has 0 fully saturated rings. The van der Waals surface area contributed by atoms with Gasteiger partial charge in [-0.15, -0.1) is 0 Å². The Labute approximate surface area is 201 Å². The van der Waals surface area contributed by atoms with Gasteiger partial charge in [0, 0.05) is 17.5 Å². The van der Waals surface area contributed by atoms with Gasteiger partial charge < -0.3 is 4.74 Å². The summed E-state index contributed by atoms with van der Waals surface area (Å²) in [5, 5.41) is 1.14. The van der Waals surface area contributed by atoms with Gasteiger partial charge in [-0.25, -0.2) is 18.1 Å². The zero-order chi connectivity index (χ0) is 24.1. The van der Waals surface area contributed by atoms with Gasteiger partial charge in [0.15, 0.2) is 0 Å². The van der Waals surface area contributed by atoms with E-state index in [1.54, 1.807) is 31.4 Å². The smallest absolute Gasteiger partial charge is 0.240 e. The van der Waals surface area contributed by atoms with Crippen LogP contribution in [0.1, 0.15) is 31.7 Å². The Morgan fingerprint density at radius 2 is 1.59 bits per heavy atom. The number of sulfonamides is 1. The molecule has 0 bridgehead atoms. The Balaban J connectivity index is 1.50. The van der Waals surface area contributed by atoms with Crippen molar-refractivity contribution < 1.29 is 13.2 Å². The third kappa shape index (κ3) is 5.46. The Morgan fingerprint density at radius 1 is 0.912 bits per heavy atom. The van der Waals surface area contributed by atoms with Gasteiger partial charge >= 0.3 is 0 Å². The van der Waals surface area contributed by atoms with Crippen molar-refractivity contribution in [3.8, 4) is 17.0 Å². The molecule has 4 aromatic rings. The molecule has 0 aliphatic carbocycles. The summed E-state index contributed by atoms with van der Waals surface area (Å²) in [5.74, 6) is 1.01. The minimum Gasteiger partial charge on any atom is -0.497 e. The lowest BCUT2D eigenvalue weighted by Gasteiger charge is -2.20. The van der Waals surface area contributed by atoms with Crippen molar-refractivity contribution in [3.05, 3.63) is 90.5 Å². The molecule has 0 amide bonds. The Morgan fingerprint density at radius 3 is 2.29 bits per heavy atom. The van der Waals surface area contributed by atoms with E-state index >= 15 is 0 Å². The summed E-state index contributed by atoms with van der Waals surface area (Å²) in [4.78, 5) is 5.12. The second-order valence-corrected chi connectivity index (χ2v) is 10.5. The molecule has 0 aliphatic rings. The summed E-state index contributed by atoms with van der Waals surface area (Å²) in [6.07, 6.45) is 0.841. The largest absolute Gasteiger partial charge is 0.497 e. The lowest BCUT2D eigenvalue weighted by Crippen LogP contribution is -2.29. The van der Waals surface area contributed by atoms with Crippen molar-refractivity contribution in [1.82, 2.24) is 9.71 Å². The van der Waals surface area contributed by atoms with E-state index in [1.807, 2.05) is 36.4 Å². The highest BCUT2D eigenvalue weighted by Crippen LogP contribution is 2.32. The number of methoxy groups -OCH3 is 1. The number of nitrogens with zero attached hydrogens (tertiary/aromatic N) is 1. The summed E-state index contributed by atoms with van der Waals surface area (Å²) in [6, 6.07) is 27.0.